The van der Waals surface area contributed by atoms with Crippen molar-refractivity contribution in [3.05, 3.63) is 54.1 Å². The molecular weight excluding hydrogens is 409 g/mol. The molecule has 31 heavy (non-hydrogen) atoms. The van der Waals surface area contributed by atoms with E-state index in [0.29, 0.717) is 6.42 Å². The van der Waals surface area contributed by atoms with Crippen LogP contribution in [0.15, 0.2) is 42.7 Å². The molecule has 0 saturated heterocycles. The number of carbonyl (C=O) groups is 1. The van der Waals surface area contributed by atoms with Gasteiger partial charge in [-0.25, -0.2) is 9.97 Å². The Labute approximate surface area is 179 Å². The van der Waals surface area contributed by atoms with Crippen LogP contribution in [0.3, 0.4) is 0 Å². The van der Waals surface area contributed by atoms with Crippen LogP contribution in [0.5, 0.6) is 5.75 Å². The molecule has 2 atom stereocenters. The van der Waals surface area contributed by atoms with E-state index in [0.717, 1.165) is 5.56 Å². The van der Waals surface area contributed by atoms with Gasteiger partial charge in [-0.05, 0) is 57.1 Å². The number of amides is 1. The Bertz CT molecular complexity index is 869. The molecule has 1 amide bonds. The fraction of sp³-hybridized carbons (Fsp3) is 0.500. The number of nitrogens with one attached hydrogen (secondary N) is 1. The molecule has 2 N–H and O–H groups in total. The van der Waals surface area contributed by atoms with Gasteiger partial charge < -0.3 is 15.3 Å². The third kappa shape index (κ3) is 5.52. The van der Waals surface area contributed by atoms with E-state index in [-0.39, 0.29) is 43.4 Å². The highest BCUT2D eigenvalue weighted by Gasteiger charge is 2.68. The van der Waals surface area contributed by atoms with Crippen LogP contribution < -0.4 is 5.32 Å². The van der Waals surface area contributed by atoms with E-state index in [1.165, 1.54) is 12.4 Å². The number of carbonyl (C=O) groups excluding carboxylic acids is 1. The minimum atomic E-state index is -4.41. The quantitative estimate of drug-likeness (QED) is 0.631. The number of rotatable bonds is 9. The molecule has 0 bridgehead atoms. The minimum Gasteiger partial charge on any atom is -0.508 e. The third-order valence-electron chi connectivity index (χ3n) is 5.98. The van der Waals surface area contributed by atoms with Gasteiger partial charge in [0.25, 0.3) is 0 Å². The number of alkyl halides is 3. The van der Waals surface area contributed by atoms with E-state index >= 15 is 0 Å². The van der Waals surface area contributed by atoms with Crippen molar-refractivity contribution in [2.45, 2.75) is 43.8 Å². The monoisotopic (exact) mass is 436 g/mol. The second kappa shape index (κ2) is 9.21. The fourth-order valence-corrected chi connectivity index (χ4v) is 3.82. The summed E-state index contributed by atoms with van der Waals surface area (Å²) in [5, 5.41) is 12.2. The number of aromatic nitrogens is 2. The number of hydrogen-bond acceptors (Lipinski definition) is 5. The van der Waals surface area contributed by atoms with Crippen molar-refractivity contribution in [3.8, 4) is 5.75 Å². The molecule has 2 aromatic rings. The van der Waals surface area contributed by atoms with Gasteiger partial charge in [0.05, 0.1) is 5.41 Å². The average Bonchev–Trinajstić information content (AvgIpc) is 3.53. The Kier molecular flexibility index (Phi) is 6.83. The molecule has 6 nitrogen and oxygen atoms in total. The predicted molar refractivity (Wildman–Crippen MR) is 109 cm³/mol. The summed E-state index contributed by atoms with van der Waals surface area (Å²) in [6.45, 7) is 0.286. The molecular formula is C22H27F3N4O2. The second-order valence-electron chi connectivity index (χ2n) is 8.31. The first kappa shape index (κ1) is 23.0. The smallest absolute Gasteiger partial charge is 0.395 e. The van der Waals surface area contributed by atoms with Crippen LogP contribution in [0.4, 0.5) is 13.2 Å². The largest absolute Gasteiger partial charge is 0.508 e. The van der Waals surface area contributed by atoms with E-state index in [9.17, 15) is 23.1 Å². The Balaban J connectivity index is 1.67. The van der Waals surface area contributed by atoms with Crippen LogP contribution in [0.25, 0.3) is 0 Å². The van der Waals surface area contributed by atoms with Gasteiger partial charge in [0.1, 0.15) is 11.6 Å². The molecule has 9 heteroatoms. The molecule has 1 fully saturated rings. The van der Waals surface area contributed by atoms with Crippen molar-refractivity contribution in [3.63, 3.8) is 0 Å². The number of benzene rings is 1. The molecule has 1 aliphatic rings. The van der Waals surface area contributed by atoms with Gasteiger partial charge in [-0.1, -0.05) is 12.1 Å². The summed E-state index contributed by atoms with van der Waals surface area (Å²) in [4.78, 5) is 22.7. The summed E-state index contributed by atoms with van der Waals surface area (Å²) in [6, 6.07) is 8.28. The number of phenolic OH excluding ortho intramolecular Hbond substituents is 1. The molecule has 1 aromatic heterocycles. The van der Waals surface area contributed by atoms with E-state index in [1.54, 1.807) is 30.3 Å². The number of aromatic hydroxyl groups is 1. The van der Waals surface area contributed by atoms with Crippen molar-refractivity contribution in [2.24, 2.45) is 5.41 Å². The SMILES string of the molecule is CN(C)C(CNC(=O)CC(c1ncccn1)C1(C(F)(F)F)CC1)Cc1ccc(O)cc1. The first-order chi connectivity index (χ1) is 14.6. The van der Waals surface area contributed by atoms with Crippen molar-refractivity contribution < 1.29 is 23.1 Å². The van der Waals surface area contributed by atoms with E-state index in [1.807, 2.05) is 19.0 Å². The molecule has 0 radical (unpaired) electrons. The van der Waals surface area contributed by atoms with E-state index < -0.39 is 23.4 Å². The fourth-order valence-electron chi connectivity index (χ4n) is 3.82. The third-order valence-corrected chi connectivity index (χ3v) is 5.98. The summed E-state index contributed by atoms with van der Waals surface area (Å²) in [5.41, 5.74) is -0.950. The Morgan fingerprint density at radius 1 is 1.19 bits per heavy atom. The van der Waals surface area contributed by atoms with E-state index in [4.69, 9.17) is 0 Å². The molecule has 0 spiro atoms. The summed E-state index contributed by atoms with van der Waals surface area (Å²) < 4.78 is 41.3. The zero-order chi connectivity index (χ0) is 22.6. The topological polar surface area (TPSA) is 78.4 Å². The van der Waals surface area contributed by atoms with Crippen molar-refractivity contribution in [1.29, 1.82) is 0 Å². The van der Waals surface area contributed by atoms with Crippen molar-refractivity contribution in [1.82, 2.24) is 20.2 Å². The molecule has 1 saturated carbocycles. The normalized spacial score (nSPS) is 17.2. The molecule has 2 unspecified atom stereocenters. The first-order valence-electron chi connectivity index (χ1n) is 10.2. The molecule has 1 aromatic carbocycles. The number of nitrogens with zero attached hydrogens (tertiary/aromatic N) is 3. The Morgan fingerprint density at radius 3 is 2.32 bits per heavy atom. The van der Waals surface area contributed by atoms with Gasteiger partial charge in [-0.2, -0.15) is 13.2 Å². The van der Waals surface area contributed by atoms with Crippen LogP contribution in [-0.4, -0.2) is 58.7 Å². The standard InChI is InChI=1S/C22H27F3N4O2/c1-29(2)16(12-15-4-6-17(30)7-5-15)14-28-19(31)13-18(20-26-10-3-11-27-20)21(8-9-21)22(23,24)25/h3-7,10-11,16,18,30H,8-9,12-14H2,1-2H3,(H,28,31). The zero-order valence-electron chi connectivity index (χ0n) is 17.6. The van der Waals surface area contributed by atoms with Gasteiger partial charge in [0, 0.05) is 37.3 Å². The lowest BCUT2D eigenvalue weighted by Crippen LogP contribution is -2.43. The van der Waals surface area contributed by atoms with Gasteiger partial charge in [0.2, 0.25) is 5.91 Å². The van der Waals surface area contributed by atoms with Crippen LogP contribution in [-0.2, 0) is 11.2 Å². The Morgan fingerprint density at radius 2 is 1.81 bits per heavy atom. The van der Waals surface area contributed by atoms with Gasteiger partial charge >= 0.3 is 6.18 Å². The van der Waals surface area contributed by atoms with Gasteiger partial charge in [-0.3, -0.25) is 4.79 Å². The second-order valence-corrected chi connectivity index (χ2v) is 8.31. The maximum atomic E-state index is 13.8. The van der Waals surface area contributed by atoms with Gasteiger partial charge in [0.15, 0.2) is 0 Å². The van der Waals surface area contributed by atoms with Crippen LogP contribution in [0.1, 0.15) is 36.6 Å². The zero-order valence-corrected chi connectivity index (χ0v) is 17.6. The van der Waals surface area contributed by atoms with Crippen molar-refractivity contribution in [2.75, 3.05) is 20.6 Å². The number of phenols is 1. The molecule has 0 aliphatic heterocycles. The molecule has 168 valence electrons. The summed E-state index contributed by atoms with van der Waals surface area (Å²) in [6.07, 6.45) is -1.35. The van der Waals surface area contributed by atoms with Crippen LogP contribution in [0, 0.1) is 5.41 Å². The minimum absolute atomic E-state index is 0.0200. The molecule has 1 aliphatic carbocycles. The average molecular weight is 436 g/mol. The molecule has 3 rings (SSSR count). The lowest BCUT2D eigenvalue weighted by molar-refractivity contribution is -0.195. The number of likely N-dealkylation sites (N-methyl/N-ethyl adjacent to an activating group) is 1. The number of halogens is 3. The number of hydrogen-bond donors (Lipinski definition) is 2. The van der Waals surface area contributed by atoms with Crippen molar-refractivity contribution >= 4 is 5.91 Å². The first-order valence-corrected chi connectivity index (χ1v) is 10.2. The summed E-state index contributed by atoms with van der Waals surface area (Å²) in [5.74, 6) is -1.33. The highest BCUT2D eigenvalue weighted by molar-refractivity contribution is 5.77. The predicted octanol–water partition coefficient (Wildman–Crippen LogP) is 3.29. The van der Waals surface area contributed by atoms with Crippen LogP contribution >= 0.6 is 0 Å². The van der Waals surface area contributed by atoms with E-state index in [2.05, 4.69) is 15.3 Å². The van der Waals surface area contributed by atoms with Gasteiger partial charge in [-0.15, -0.1) is 0 Å². The maximum Gasteiger partial charge on any atom is 0.395 e. The highest BCUT2D eigenvalue weighted by Crippen LogP contribution is 2.65. The maximum absolute atomic E-state index is 13.8. The lowest BCUT2D eigenvalue weighted by atomic mass is 9.84. The molecule has 1 heterocycles. The Hall–Kier alpha value is -2.68. The lowest BCUT2D eigenvalue weighted by Gasteiger charge is -2.28. The highest BCUT2D eigenvalue weighted by atomic mass is 19.4. The summed E-state index contributed by atoms with van der Waals surface area (Å²) in [7, 11) is 3.75. The van der Waals surface area contributed by atoms with Crippen LogP contribution in [0.2, 0.25) is 0 Å². The summed E-state index contributed by atoms with van der Waals surface area (Å²) >= 11 is 0.